The number of fused-ring (bicyclic) bond motifs is 1. The third-order valence-electron chi connectivity index (χ3n) is 4.86. The van der Waals surface area contributed by atoms with Crippen molar-refractivity contribution >= 4 is 27.2 Å². The summed E-state index contributed by atoms with van der Waals surface area (Å²) < 4.78 is 27.8. The molecule has 0 bridgehead atoms. The molecule has 0 saturated carbocycles. The second kappa shape index (κ2) is 6.66. The Morgan fingerprint density at radius 1 is 1.12 bits per heavy atom. The first-order valence-corrected chi connectivity index (χ1v) is 11.0. The molecule has 0 amide bonds. The van der Waals surface area contributed by atoms with Gasteiger partial charge in [0, 0.05) is 38.2 Å². The van der Waals surface area contributed by atoms with Crippen LogP contribution in [-0.4, -0.2) is 42.3 Å². The van der Waals surface area contributed by atoms with E-state index in [0.29, 0.717) is 23.7 Å². The SMILES string of the molecule is Cc1nc2c(c(N3CCCCC3)n1)CN(S(=O)(=O)c1cccs1)CC2. The smallest absolute Gasteiger partial charge is 0.252 e. The highest BCUT2D eigenvalue weighted by molar-refractivity contribution is 7.91. The predicted octanol–water partition coefficient (Wildman–Crippen LogP) is 2.58. The van der Waals surface area contributed by atoms with Gasteiger partial charge in [0.2, 0.25) is 0 Å². The molecule has 2 aromatic heterocycles. The number of thiophene rings is 1. The Balaban J connectivity index is 1.70. The fraction of sp³-hybridized carbons (Fsp3) is 0.529. The van der Waals surface area contributed by atoms with Gasteiger partial charge in [-0.2, -0.15) is 4.31 Å². The molecule has 0 atom stereocenters. The normalized spacial score (nSPS) is 19.0. The van der Waals surface area contributed by atoms with Crippen molar-refractivity contribution in [2.24, 2.45) is 0 Å². The van der Waals surface area contributed by atoms with Crippen LogP contribution in [0.3, 0.4) is 0 Å². The van der Waals surface area contributed by atoms with Crippen molar-refractivity contribution in [2.75, 3.05) is 24.5 Å². The Hall–Kier alpha value is -1.51. The Bertz CT molecular complexity index is 859. The average Bonchev–Trinajstić information content (AvgIpc) is 3.17. The van der Waals surface area contributed by atoms with Crippen molar-refractivity contribution in [3.05, 3.63) is 34.6 Å². The molecule has 1 saturated heterocycles. The van der Waals surface area contributed by atoms with Gasteiger partial charge in [0.05, 0.1) is 5.69 Å². The lowest BCUT2D eigenvalue weighted by Gasteiger charge is -2.34. The molecule has 0 aromatic carbocycles. The Morgan fingerprint density at radius 2 is 1.92 bits per heavy atom. The van der Waals surface area contributed by atoms with Gasteiger partial charge < -0.3 is 4.90 Å². The van der Waals surface area contributed by atoms with E-state index >= 15 is 0 Å². The van der Waals surface area contributed by atoms with Gasteiger partial charge in [-0.15, -0.1) is 11.3 Å². The third kappa shape index (κ3) is 3.18. The molecule has 8 heteroatoms. The molecule has 2 aliphatic heterocycles. The van der Waals surface area contributed by atoms with Gasteiger partial charge >= 0.3 is 0 Å². The summed E-state index contributed by atoms with van der Waals surface area (Å²) in [4.78, 5) is 11.6. The summed E-state index contributed by atoms with van der Waals surface area (Å²) in [6.07, 6.45) is 4.22. The monoisotopic (exact) mass is 378 g/mol. The van der Waals surface area contributed by atoms with E-state index in [0.717, 1.165) is 48.8 Å². The Labute approximate surface area is 152 Å². The van der Waals surface area contributed by atoms with Crippen LogP contribution in [0.15, 0.2) is 21.7 Å². The topological polar surface area (TPSA) is 66.4 Å². The molecule has 2 aliphatic rings. The van der Waals surface area contributed by atoms with Crippen molar-refractivity contribution < 1.29 is 8.42 Å². The minimum absolute atomic E-state index is 0.363. The minimum atomic E-state index is -3.44. The second-order valence-electron chi connectivity index (χ2n) is 6.59. The first kappa shape index (κ1) is 16.9. The van der Waals surface area contributed by atoms with E-state index in [1.807, 2.05) is 6.92 Å². The van der Waals surface area contributed by atoms with E-state index in [1.54, 1.807) is 21.8 Å². The molecule has 0 spiro atoms. The summed E-state index contributed by atoms with van der Waals surface area (Å²) >= 11 is 1.27. The quantitative estimate of drug-likeness (QED) is 0.821. The zero-order valence-corrected chi connectivity index (χ0v) is 15.9. The highest BCUT2D eigenvalue weighted by Gasteiger charge is 2.32. The lowest BCUT2D eigenvalue weighted by Crippen LogP contribution is -2.39. The van der Waals surface area contributed by atoms with Crippen LogP contribution in [0.1, 0.15) is 36.3 Å². The molecule has 2 aromatic rings. The number of hydrogen-bond acceptors (Lipinski definition) is 6. The van der Waals surface area contributed by atoms with Crippen LogP contribution in [0, 0.1) is 6.92 Å². The highest BCUT2D eigenvalue weighted by atomic mass is 32.2. The van der Waals surface area contributed by atoms with Crippen LogP contribution >= 0.6 is 11.3 Å². The molecule has 134 valence electrons. The number of hydrogen-bond donors (Lipinski definition) is 0. The highest BCUT2D eigenvalue weighted by Crippen LogP contribution is 2.32. The van der Waals surface area contributed by atoms with Crippen LogP contribution in [0.5, 0.6) is 0 Å². The van der Waals surface area contributed by atoms with Gasteiger partial charge in [0.15, 0.2) is 0 Å². The fourth-order valence-electron chi connectivity index (χ4n) is 3.60. The van der Waals surface area contributed by atoms with Gasteiger partial charge in [-0.25, -0.2) is 18.4 Å². The Kier molecular flexibility index (Phi) is 4.51. The summed E-state index contributed by atoms with van der Waals surface area (Å²) in [5.41, 5.74) is 1.99. The summed E-state index contributed by atoms with van der Waals surface area (Å²) in [7, 11) is -3.44. The van der Waals surface area contributed by atoms with Crippen LogP contribution in [0.4, 0.5) is 5.82 Å². The lowest BCUT2D eigenvalue weighted by atomic mass is 10.1. The zero-order valence-electron chi connectivity index (χ0n) is 14.3. The molecular formula is C17H22N4O2S2. The molecule has 4 rings (SSSR count). The lowest BCUT2D eigenvalue weighted by molar-refractivity contribution is 0.386. The molecule has 0 aliphatic carbocycles. The van der Waals surface area contributed by atoms with Gasteiger partial charge in [-0.3, -0.25) is 0 Å². The number of sulfonamides is 1. The minimum Gasteiger partial charge on any atom is -0.356 e. The number of aryl methyl sites for hydroxylation is 1. The van der Waals surface area contributed by atoms with E-state index in [-0.39, 0.29) is 0 Å². The molecule has 4 heterocycles. The number of nitrogens with zero attached hydrogens (tertiary/aromatic N) is 4. The number of piperidine rings is 1. The molecule has 0 N–H and O–H groups in total. The van der Waals surface area contributed by atoms with E-state index in [9.17, 15) is 8.42 Å². The maximum absolute atomic E-state index is 12.9. The van der Waals surface area contributed by atoms with Crippen molar-refractivity contribution in [3.63, 3.8) is 0 Å². The molecule has 1 fully saturated rings. The van der Waals surface area contributed by atoms with E-state index in [1.165, 1.54) is 17.8 Å². The molecule has 0 unspecified atom stereocenters. The first-order valence-electron chi connectivity index (χ1n) is 8.71. The van der Waals surface area contributed by atoms with Gasteiger partial charge in [0.25, 0.3) is 10.0 Å². The number of rotatable bonds is 3. The summed E-state index contributed by atoms with van der Waals surface area (Å²) in [6.45, 7) is 4.73. The summed E-state index contributed by atoms with van der Waals surface area (Å²) in [5, 5.41) is 1.80. The maximum Gasteiger partial charge on any atom is 0.252 e. The van der Waals surface area contributed by atoms with Crippen LogP contribution in [-0.2, 0) is 23.0 Å². The summed E-state index contributed by atoms with van der Waals surface area (Å²) in [6, 6.07) is 3.45. The molecule has 25 heavy (non-hydrogen) atoms. The van der Waals surface area contributed by atoms with Crippen LogP contribution in [0.2, 0.25) is 0 Å². The van der Waals surface area contributed by atoms with Crippen LogP contribution < -0.4 is 4.90 Å². The van der Waals surface area contributed by atoms with Crippen molar-refractivity contribution in [1.29, 1.82) is 0 Å². The van der Waals surface area contributed by atoms with Gasteiger partial charge in [-0.1, -0.05) is 6.07 Å². The Morgan fingerprint density at radius 3 is 2.64 bits per heavy atom. The second-order valence-corrected chi connectivity index (χ2v) is 9.70. The summed E-state index contributed by atoms with van der Waals surface area (Å²) in [5.74, 6) is 1.71. The van der Waals surface area contributed by atoms with Gasteiger partial charge in [-0.05, 0) is 37.6 Å². The standard InChI is InChI=1S/C17H22N4O2S2/c1-13-18-15-7-10-21(25(22,23)16-6-5-11-24-16)12-14(15)17(19-13)20-8-3-2-4-9-20/h5-6,11H,2-4,7-10,12H2,1H3. The first-order chi connectivity index (χ1) is 12.1. The number of anilines is 1. The number of aromatic nitrogens is 2. The third-order valence-corrected chi connectivity index (χ3v) is 8.08. The van der Waals surface area contributed by atoms with E-state index in [4.69, 9.17) is 0 Å². The molecular weight excluding hydrogens is 356 g/mol. The average molecular weight is 379 g/mol. The molecule has 0 radical (unpaired) electrons. The largest absolute Gasteiger partial charge is 0.356 e. The van der Waals surface area contributed by atoms with E-state index in [2.05, 4.69) is 14.9 Å². The molecule has 6 nitrogen and oxygen atoms in total. The van der Waals surface area contributed by atoms with Crippen molar-refractivity contribution in [3.8, 4) is 0 Å². The van der Waals surface area contributed by atoms with E-state index < -0.39 is 10.0 Å². The maximum atomic E-state index is 12.9. The van der Waals surface area contributed by atoms with Crippen LogP contribution in [0.25, 0.3) is 0 Å². The van der Waals surface area contributed by atoms with Gasteiger partial charge in [0.1, 0.15) is 15.9 Å². The van der Waals surface area contributed by atoms with Crippen molar-refractivity contribution in [2.45, 2.75) is 43.4 Å². The zero-order chi connectivity index (χ0) is 17.4. The van der Waals surface area contributed by atoms with Crippen molar-refractivity contribution in [1.82, 2.24) is 14.3 Å². The fourth-order valence-corrected chi connectivity index (χ4v) is 6.16. The predicted molar refractivity (Wildman–Crippen MR) is 98.5 cm³/mol.